The van der Waals surface area contributed by atoms with E-state index < -0.39 is 0 Å². The van der Waals surface area contributed by atoms with Crippen LogP contribution in [0.3, 0.4) is 0 Å². The van der Waals surface area contributed by atoms with Crippen LogP contribution in [0.15, 0.2) is 24.3 Å². The van der Waals surface area contributed by atoms with Crippen LogP contribution in [0.5, 0.6) is 0 Å². The SMILES string of the molecule is CCC1CN(Cc2ccccc2CCNC(C)C)CCO1. The molecule has 1 heterocycles. The molecule has 1 saturated heterocycles. The Morgan fingerprint density at radius 2 is 2.05 bits per heavy atom. The van der Waals surface area contributed by atoms with Gasteiger partial charge in [-0.25, -0.2) is 0 Å². The van der Waals surface area contributed by atoms with Crippen molar-refractivity contribution in [2.24, 2.45) is 0 Å². The van der Waals surface area contributed by atoms with Crippen molar-refractivity contribution in [2.75, 3.05) is 26.2 Å². The lowest BCUT2D eigenvalue weighted by Gasteiger charge is -2.33. The predicted molar refractivity (Wildman–Crippen MR) is 88.6 cm³/mol. The van der Waals surface area contributed by atoms with E-state index in [2.05, 4.69) is 55.3 Å². The molecule has 0 amide bonds. The van der Waals surface area contributed by atoms with Crippen molar-refractivity contribution >= 4 is 0 Å². The highest BCUT2D eigenvalue weighted by Gasteiger charge is 2.19. The number of hydrogen-bond acceptors (Lipinski definition) is 3. The Kier molecular flexibility index (Phi) is 6.68. The Morgan fingerprint density at radius 3 is 2.76 bits per heavy atom. The lowest BCUT2D eigenvalue weighted by Crippen LogP contribution is -2.41. The number of hydrogen-bond donors (Lipinski definition) is 1. The summed E-state index contributed by atoms with van der Waals surface area (Å²) in [7, 11) is 0. The fourth-order valence-electron chi connectivity index (χ4n) is 2.86. The summed E-state index contributed by atoms with van der Waals surface area (Å²) in [5.41, 5.74) is 2.95. The van der Waals surface area contributed by atoms with Crippen molar-refractivity contribution < 1.29 is 4.74 Å². The third-order valence-corrected chi connectivity index (χ3v) is 4.14. The second kappa shape index (κ2) is 8.52. The molecule has 1 aromatic carbocycles. The van der Waals surface area contributed by atoms with Gasteiger partial charge in [0.15, 0.2) is 0 Å². The van der Waals surface area contributed by atoms with E-state index in [4.69, 9.17) is 4.74 Å². The zero-order chi connectivity index (χ0) is 15.1. The van der Waals surface area contributed by atoms with Gasteiger partial charge in [0.25, 0.3) is 0 Å². The normalized spacial score (nSPS) is 20.1. The maximum Gasteiger partial charge on any atom is 0.0700 e. The number of benzene rings is 1. The molecule has 1 atom stereocenters. The summed E-state index contributed by atoms with van der Waals surface area (Å²) in [6, 6.07) is 9.42. The maximum atomic E-state index is 5.76. The van der Waals surface area contributed by atoms with Gasteiger partial charge in [-0.3, -0.25) is 4.90 Å². The third-order valence-electron chi connectivity index (χ3n) is 4.14. The summed E-state index contributed by atoms with van der Waals surface area (Å²) in [5, 5.41) is 3.51. The van der Waals surface area contributed by atoms with Gasteiger partial charge in [0.05, 0.1) is 12.7 Å². The number of morpholine rings is 1. The highest BCUT2D eigenvalue weighted by atomic mass is 16.5. The van der Waals surface area contributed by atoms with Gasteiger partial charge < -0.3 is 10.1 Å². The summed E-state index contributed by atoms with van der Waals surface area (Å²) < 4.78 is 5.76. The molecule has 0 aliphatic carbocycles. The minimum atomic E-state index is 0.411. The zero-order valence-electron chi connectivity index (χ0n) is 13.8. The van der Waals surface area contributed by atoms with Crippen LogP contribution in [0.2, 0.25) is 0 Å². The smallest absolute Gasteiger partial charge is 0.0700 e. The molecule has 1 aliphatic rings. The molecule has 3 heteroatoms. The molecule has 1 unspecified atom stereocenters. The van der Waals surface area contributed by atoms with E-state index in [0.29, 0.717) is 12.1 Å². The molecule has 1 N–H and O–H groups in total. The first-order valence-electron chi connectivity index (χ1n) is 8.33. The molecule has 0 saturated carbocycles. The molecule has 0 radical (unpaired) electrons. The molecule has 118 valence electrons. The summed E-state index contributed by atoms with van der Waals surface area (Å²) >= 11 is 0. The van der Waals surface area contributed by atoms with Crippen molar-refractivity contribution in [1.82, 2.24) is 10.2 Å². The highest BCUT2D eigenvalue weighted by Crippen LogP contribution is 2.16. The second-order valence-electron chi connectivity index (χ2n) is 6.26. The Hall–Kier alpha value is -0.900. The molecule has 1 aromatic rings. The van der Waals surface area contributed by atoms with Crippen LogP contribution in [0.1, 0.15) is 38.3 Å². The Balaban J connectivity index is 1.92. The first-order chi connectivity index (χ1) is 10.2. The van der Waals surface area contributed by atoms with Crippen LogP contribution in [-0.4, -0.2) is 43.3 Å². The van der Waals surface area contributed by atoms with Crippen LogP contribution in [0, 0.1) is 0 Å². The zero-order valence-corrected chi connectivity index (χ0v) is 13.8. The largest absolute Gasteiger partial charge is 0.376 e. The van der Waals surface area contributed by atoms with Crippen LogP contribution >= 0.6 is 0 Å². The van der Waals surface area contributed by atoms with Crippen molar-refractivity contribution in [3.63, 3.8) is 0 Å². The lowest BCUT2D eigenvalue weighted by atomic mass is 10.0. The molecule has 2 rings (SSSR count). The van der Waals surface area contributed by atoms with Gasteiger partial charge in [-0.15, -0.1) is 0 Å². The van der Waals surface area contributed by atoms with Crippen LogP contribution < -0.4 is 5.32 Å². The minimum absolute atomic E-state index is 0.411. The van der Waals surface area contributed by atoms with Crippen LogP contribution in [-0.2, 0) is 17.7 Å². The average molecular weight is 290 g/mol. The fraction of sp³-hybridized carbons (Fsp3) is 0.667. The van der Waals surface area contributed by atoms with Crippen molar-refractivity contribution in [3.8, 4) is 0 Å². The molecule has 0 aromatic heterocycles. The number of ether oxygens (including phenoxy) is 1. The van der Waals surface area contributed by atoms with Gasteiger partial charge in [0.1, 0.15) is 0 Å². The van der Waals surface area contributed by atoms with Crippen molar-refractivity contribution in [3.05, 3.63) is 35.4 Å². The topological polar surface area (TPSA) is 24.5 Å². The second-order valence-corrected chi connectivity index (χ2v) is 6.26. The van der Waals surface area contributed by atoms with E-state index in [1.807, 2.05) is 0 Å². The molecular formula is C18H30N2O. The van der Waals surface area contributed by atoms with E-state index in [1.54, 1.807) is 0 Å². The lowest BCUT2D eigenvalue weighted by molar-refractivity contribution is -0.0325. The van der Waals surface area contributed by atoms with Crippen molar-refractivity contribution in [2.45, 2.75) is 52.3 Å². The van der Waals surface area contributed by atoms with Crippen LogP contribution in [0.4, 0.5) is 0 Å². The van der Waals surface area contributed by atoms with Gasteiger partial charge >= 0.3 is 0 Å². The fourth-order valence-corrected chi connectivity index (χ4v) is 2.86. The van der Waals surface area contributed by atoms with E-state index in [1.165, 1.54) is 11.1 Å². The van der Waals surface area contributed by atoms with Gasteiger partial charge in [0.2, 0.25) is 0 Å². The standard InChI is InChI=1S/C18H30N2O/c1-4-18-14-20(11-12-21-18)13-17-8-6-5-7-16(17)9-10-19-15(2)3/h5-8,15,18-19H,4,9-14H2,1-3H3. The first kappa shape index (κ1) is 16.5. The molecule has 0 bridgehead atoms. The Labute approximate surface area is 129 Å². The number of rotatable bonds is 7. The van der Waals surface area contributed by atoms with E-state index >= 15 is 0 Å². The van der Waals surface area contributed by atoms with Gasteiger partial charge in [0, 0.05) is 25.7 Å². The molecule has 1 aliphatic heterocycles. The van der Waals surface area contributed by atoms with Gasteiger partial charge in [-0.05, 0) is 30.5 Å². The summed E-state index contributed by atoms with van der Waals surface area (Å²) in [4.78, 5) is 2.53. The van der Waals surface area contributed by atoms with E-state index in [0.717, 1.165) is 45.6 Å². The van der Waals surface area contributed by atoms with Gasteiger partial charge in [-0.1, -0.05) is 45.0 Å². The first-order valence-corrected chi connectivity index (χ1v) is 8.33. The van der Waals surface area contributed by atoms with E-state index in [9.17, 15) is 0 Å². The average Bonchev–Trinajstić information content (AvgIpc) is 2.49. The number of nitrogens with zero attached hydrogens (tertiary/aromatic N) is 1. The molecule has 3 nitrogen and oxygen atoms in total. The quantitative estimate of drug-likeness (QED) is 0.836. The van der Waals surface area contributed by atoms with Crippen molar-refractivity contribution in [1.29, 1.82) is 0 Å². The maximum absolute atomic E-state index is 5.76. The summed E-state index contributed by atoms with van der Waals surface area (Å²) in [5.74, 6) is 0. The Bertz CT molecular complexity index is 419. The molecule has 1 fully saturated rings. The molecule has 0 spiro atoms. The third kappa shape index (κ3) is 5.42. The Morgan fingerprint density at radius 1 is 1.29 bits per heavy atom. The number of nitrogens with one attached hydrogen (secondary N) is 1. The predicted octanol–water partition coefficient (Wildman–Crippen LogP) is 2.84. The monoisotopic (exact) mass is 290 g/mol. The summed E-state index contributed by atoms with van der Waals surface area (Å²) in [6.07, 6.45) is 2.63. The summed E-state index contributed by atoms with van der Waals surface area (Å²) in [6.45, 7) is 11.7. The highest BCUT2D eigenvalue weighted by molar-refractivity contribution is 5.27. The van der Waals surface area contributed by atoms with E-state index in [-0.39, 0.29) is 0 Å². The molecule has 21 heavy (non-hydrogen) atoms. The van der Waals surface area contributed by atoms with Crippen LogP contribution in [0.25, 0.3) is 0 Å². The van der Waals surface area contributed by atoms with Gasteiger partial charge in [-0.2, -0.15) is 0 Å². The minimum Gasteiger partial charge on any atom is -0.376 e. The molecular weight excluding hydrogens is 260 g/mol.